The van der Waals surface area contributed by atoms with Crippen molar-refractivity contribution in [1.82, 2.24) is 5.32 Å². The van der Waals surface area contributed by atoms with Crippen LogP contribution in [0.2, 0.25) is 0 Å². The van der Waals surface area contributed by atoms with Crippen molar-refractivity contribution in [2.24, 2.45) is 0 Å². The molecule has 20 heavy (non-hydrogen) atoms. The van der Waals surface area contributed by atoms with Crippen LogP contribution in [0.4, 0.5) is 13.6 Å². The lowest BCUT2D eigenvalue weighted by molar-refractivity contribution is -0.0655. The van der Waals surface area contributed by atoms with Gasteiger partial charge in [-0.05, 0) is 32.1 Å². The van der Waals surface area contributed by atoms with E-state index in [9.17, 15) is 18.7 Å². The molecular formula is C14H23F2NO3. The number of ether oxygens (including phenoxy) is 1. The zero-order valence-electron chi connectivity index (χ0n) is 11.6. The normalized spacial score (nSPS) is 20.1. The van der Waals surface area contributed by atoms with E-state index in [1.807, 2.05) is 0 Å². The molecule has 1 saturated carbocycles. The van der Waals surface area contributed by atoms with E-state index in [0.717, 1.165) is 12.8 Å². The molecule has 1 rings (SSSR count). The maximum Gasteiger partial charge on any atom is 0.407 e. The number of halogens is 2. The number of carbonyl (C=O) groups excluding carboxylic acids is 1. The van der Waals surface area contributed by atoms with Gasteiger partial charge in [0.25, 0.3) is 0 Å². The topological polar surface area (TPSA) is 58.6 Å². The second-order valence-electron chi connectivity index (χ2n) is 5.19. The monoisotopic (exact) mass is 291 g/mol. The maximum atomic E-state index is 12.9. The first-order chi connectivity index (χ1) is 9.43. The van der Waals surface area contributed by atoms with Crippen LogP contribution in [-0.2, 0) is 4.74 Å². The van der Waals surface area contributed by atoms with Gasteiger partial charge in [0, 0.05) is 19.4 Å². The molecule has 4 nitrogen and oxygen atoms in total. The van der Waals surface area contributed by atoms with Gasteiger partial charge >= 0.3 is 6.09 Å². The van der Waals surface area contributed by atoms with Crippen LogP contribution in [0.5, 0.6) is 0 Å². The number of aliphatic hydroxyl groups is 1. The summed E-state index contributed by atoms with van der Waals surface area (Å²) < 4.78 is 30.9. The summed E-state index contributed by atoms with van der Waals surface area (Å²) >= 11 is 0. The molecule has 1 aliphatic rings. The molecule has 0 saturated heterocycles. The van der Waals surface area contributed by atoms with Gasteiger partial charge in [-0.15, -0.1) is 6.58 Å². The molecule has 0 bridgehead atoms. The Bertz CT molecular complexity index is 314. The number of alkyl carbamates (subject to hydrolysis) is 1. The minimum atomic E-state index is -2.61. The van der Waals surface area contributed by atoms with E-state index in [-0.39, 0.29) is 25.7 Å². The van der Waals surface area contributed by atoms with Crippen molar-refractivity contribution in [3.8, 4) is 0 Å². The zero-order valence-corrected chi connectivity index (χ0v) is 11.6. The van der Waals surface area contributed by atoms with Gasteiger partial charge in [-0.2, -0.15) is 0 Å². The molecule has 0 radical (unpaired) electrons. The number of hydrogen-bond donors (Lipinski definition) is 2. The van der Waals surface area contributed by atoms with Crippen molar-refractivity contribution in [3.63, 3.8) is 0 Å². The van der Waals surface area contributed by atoms with E-state index in [4.69, 9.17) is 4.74 Å². The summed E-state index contributed by atoms with van der Waals surface area (Å²) in [4.78, 5) is 11.4. The second-order valence-corrected chi connectivity index (χ2v) is 5.19. The summed E-state index contributed by atoms with van der Waals surface area (Å²) in [5.74, 6) is -2.61. The molecule has 0 heterocycles. The van der Waals surface area contributed by atoms with Crippen molar-refractivity contribution >= 4 is 6.09 Å². The highest BCUT2D eigenvalue weighted by atomic mass is 19.3. The van der Waals surface area contributed by atoms with Crippen molar-refractivity contribution in [2.75, 3.05) is 6.54 Å². The molecule has 1 aliphatic carbocycles. The Balaban J connectivity index is 2.05. The van der Waals surface area contributed by atoms with Gasteiger partial charge in [0.2, 0.25) is 5.92 Å². The first-order valence-corrected chi connectivity index (χ1v) is 7.06. The molecule has 0 aromatic rings. The highest BCUT2D eigenvalue weighted by Gasteiger charge is 2.36. The lowest BCUT2D eigenvalue weighted by Gasteiger charge is -2.27. The van der Waals surface area contributed by atoms with Crippen LogP contribution in [-0.4, -0.2) is 35.9 Å². The van der Waals surface area contributed by atoms with Gasteiger partial charge < -0.3 is 15.2 Å². The Kier molecular flexibility index (Phi) is 6.91. The van der Waals surface area contributed by atoms with Gasteiger partial charge in [-0.25, -0.2) is 13.6 Å². The Hall–Kier alpha value is -1.17. The van der Waals surface area contributed by atoms with Crippen molar-refractivity contribution in [3.05, 3.63) is 12.7 Å². The molecular weight excluding hydrogens is 268 g/mol. The number of aliphatic hydroxyl groups excluding tert-OH is 1. The van der Waals surface area contributed by atoms with Gasteiger partial charge in [-0.1, -0.05) is 6.08 Å². The minimum absolute atomic E-state index is 0.214. The molecule has 1 fully saturated rings. The van der Waals surface area contributed by atoms with E-state index in [2.05, 4.69) is 11.9 Å². The zero-order chi connectivity index (χ0) is 15.0. The highest BCUT2D eigenvalue weighted by Crippen LogP contribution is 2.34. The second kappa shape index (κ2) is 8.19. The first-order valence-electron chi connectivity index (χ1n) is 7.06. The lowest BCUT2D eigenvalue weighted by atomic mass is 9.94. The Morgan fingerprint density at radius 3 is 2.70 bits per heavy atom. The van der Waals surface area contributed by atoms with Crippen LogP contribution < -0.4 is 5.32 Å². The average Bonchev–Trinajstić information content (AvgIpc) is 2.40. The maximum absolute atomic E-state index is 12.9. The number of hydrogen-bond acceptors (Lipinski definition) is 3. The van der Waals surface area contributed by atoms with Crippen molar-refractivity contribution in [1.29, 1.82) is 0 Å². The number of amides is 1. The highest BCUT2D eigenvalue weighted by molar-refractivity contribution is 5.67. The van der Waals surface area contributed by atoms with Crippen LogP contribution in [0.1, 0.15) is 44.9 Å². The average molecular weight is 291 g/mol. The molecule has 116 valence electrons. The predicted molar refractivity (Wildman–Crippen MR) is 71.7 cm³/mol. The third-order valence-corrected chi connectivity index (χ3v) is 3.41. The molecule has 0 aromatic heterocycles. The van der Waals surface area contributed by atoms with Gasteiger partial charge in [0.05, 0.1) is 6.10 Å². The molecule has 1 unspecified atom stereocenters. The van der Waals surface area contributed by atoms with Crippen LogP contribution >= 0.6 is 0 Å². The fourth-order valence-electron chi connectivity index (χ4n) is 2.11. The molecule has 2 N–H and O–H groups in total. The fraction of sp³-hybridized carbons (Fsp3) is 0.786. The Morgan fingerprint density at radius 1 is 1.45 bits per heavy atom. The summed E-state index contributed by atoms with van der Waals surface area (Å²) in [5.41, 5.74) is 0. The molecule has 1 atom stereocenters. The summed E-state index contributed by atoms with van der Waals surface area (Å²) in [6.45, 7) is 3.92. The van der Waals surface area contributed by atoms with Crippen molar-refractivity contribution in [2.45, 2.75) is 63.1 Å². The number of carbonyl (C=O) groups is 1. The molecule has 0 aromatic carbocycles. The van der Waals surface area contributed by atoms with E-state index in [1.54, 1.807) is 0 Å². The van der Waals surface area contributed by atoms with E-state index < -0.39 is 24.2 Å². The molecule has 6 heteroatoms. The SMILES string of the molecule is C=CC(O)CCCCNC(=O)OC1CCC(F)(F)CC1. The minimum Gasteiger partial charge on any atom is -0.446 e. The Labute approximate surface area is 118 Å². The van der Waals surface area contributed by atoms with Crippen LogP contribution in [0.25, 0.3) is 0 Å². The number of alkyl halides is 2. The van der Waals surface area contributed by atoms with E-state index in [1.165, 1.54) is 6.08 Å². The lowest BCUT2D eigenvalue weighted by Crippen LogP contribution is -2.34. The molecule has 0 aliphatic heterocycles. The summed E-state index contributed by atoms with van der Waals surface area (Å²) in [7, 11) is 0. The quantitative estimate of drug-likeness (QED) is 0.560. The predicted octanol–water partition coefficient (Wildman–Crippen LogP) is 3.01. The van der Waals surface area contributed by atoms with Crippen LogP contribution in [0.15, 0.2) is 12.7 Å². The first kappa shape index (κ1) is 16.9. The number of nitrogens with one attached hydrogen (secondary N) is 1. The van der Waals surface area contributed by atoms with Crippen LogP contribution in [0, 0.1) is 0 Å². The van der Waals surface area contributed by atoms with Gasteiger partial charge in [-0.3, -0.25) is 0 Å². The largest absolute Gasteiger partial charge is 0.446 e. The third-order valence-electron chi connectivity index (χ3n) is 3.41. The van der Waals surface area contributed by atoms with E-state index >= 15 is 0 Å². The van der Waals surface area contributed by atoms with Crippen molar-refractivity contribution < 1.29 is 23.4 Å². The number of unbranched alkanes of at least 4 members (excludes halogenated alkanes) is 1. The molecule has 1 amide bonds. The summed E-state index contributed by atoms with van der Waals surface area (Å²) in [6, 6.07) is 0. The third kappa shape index (κ3) is 6.84. The number of rotatable bonds is 7. The Morgan fingerprint density at radius 2 is 2.10 bits per heavy atom. The summed E-state index contributed by atoms with van der Waals surface area (Å²) in [5, 5.41) is 11.8. The van der Waals surface area contributed by atoms with Crippen LogP contribution in [0.3, 0.4) is 0 Å². The fourth-order valence-corrected chi connectivity index (χ4v) is 2.11. The van der Waals surface area contributed by atoms with Gasteiger partial charge in [0.1, 0.15) is 6.10 Å². The standard InChI is InChI=1S/C14H23F2NO3/c1-2-11(18)5-3-4-10-17-13(19)20-12-6-8-14(15,16)9-7-12/h2,11-12,18H,1,3-10H2,(H,17,19). The summed E-state index contributed by atoms with van der Waals surface area (Å²) in [6.07, 6.45) is 2.10. The van der Waals surface area contributed by atoms with Gasteiger partial charge in [0.15, 0.2) is 0 Å². The molecule has 0 spiro atoms. The smallest absolute Gasteiger partial charge is 0.407 e. The van der Waals surface area contributed by atoms with E-state index in [0.29, 0.717) is 13.0 Å².